The van der Waals surface area contributed by atoms with Gasteiger partial charge in [0.05, 0.1) is 10.6 Å². The van der Waals surface area contributed by atoms with E-state index in [4.69, 9.17) is 25.8 Å². The van der Waals surface area contributed by atoms with Crippen molar-refractivity contribution in [2.24, 2.45) is 0 Å². The lowest BCUT2D eigenvalue weighted by Gasteiger charge is -2.24. The zero-order valence-electron chi connectivity index (χ0n) is 14.3. The van der Waals surface area contributed by atoms with Crippen LogP contribution >= 0.6 is 11.6 Å². The molecule has 0 unspecified atom stereocenters. The lowest BCUT2D eigenvalue weighted by Crippen LogP contribution is -2.40. The number of ether oxygens (including phenoxy) is 3. The zero-order chi connectivity index (χ0) is 17.8. The molecule has 0 spiro atoms. The van der Waals surface area contributed by atoms with Crippen molar-refractivity contribution >= 4 is 23.5 Å². The molecule has 0 N–H and O–H groups in total. The van der Waals surface area contributed by atoms with E-state index in [1.54, 1.807) is 11.8 Å². The van der Waals surface area contributed by atoms with E-state index in [1.165, 1.54) is 12.1 Å². The van der Waals surface area contributed by atoms with Crippen LogP contribution in [0.25, 0.3) is 0 Å². The van der Waals surface area contributed by atoms with Crippen molar-refractivity contribution in [2.75, 3.05) is 26.3 Å². The van der Waals surface area contributed by atoms with Crippen LogP contribution in [0.15, 0.2) is 12.1 Å². The molecule has 1 aromatic rings. The Hall–Kier alpha value is -1.95. The van der Waals surface area contributed by atoms with E-state index in [0.717, 1.165) is 38.8 Å². The molecule has 25 heavy (non-hydrogen) atoms. The fourth-order valence-electron chi connectivity index (χ4n) is 3.06. The SMILES string of the molecule is C[C@H](OC(=O)c1cc(Cl)c2c(c1)OCCO2)C(=O)N1CCCCCC1. The molecule has 0 saturated carbocycles. The number of rotatable bonds is 3. The van der Waals surface area contributed by atoms with Crippen molar-refractivity contribution in [1.29, 1.82) is 0 Å². The minimum absolute atomic E-state index is 0.154. The Balaban J connectivity index is 1.67. The zero-order valence-corrected chi connectivity index (χ0v) is 15.0. The number of fused-ring (bicyclic) bond motifs is 1. The first-order valence-electron chi connectivity index (χ1n) is 8.65. The van der Waals surface area contributed by atoms with Crippen LogP contribution in [0.1, 0.15) is 43.0 Å². The maximum absolute atomic E-state index is 12.5. The van der Waals surface area contributed by atoms with E-state index in [0.29, 0.717) is 24.7 Å². The maximum Gasteiger partial charge on any atom is 0.339 e. The third-order valence-corrected chi connectivity index (χ3v) is 4.66. The van der Waals surface area contributed by atoms with Gasteiger partial charge in [0.25, 0.3) is 5.91 Å². The summed E-state index contributed by atoms with van der Waals surface area (Å²) in [6.07, 6.45) is 3.41. The van der Waals surface area contributed by atoms with Crippen LogP contribution in [0.2, 0.25) is 5.02 Å². The minimum Gasteiger partial charge on any atom is -0.486 e. The average Bonchev–Trinajstić information content (AvgIpc) is 2.90. The molecule has 0 aromatic heterocycles. The number of halogens is 1. The minimum atomic E-state index is -0.836. The molecule has 3 rings (SSSR count). The van der Waals surface area contributed by atoms with Gasteiger partial charge in [-0.3, -0.25) is 4.79 Å². The Morgan fingerprint density at radius 1 is 1.12 bits per heavy atom. The number of likely N-dealkylation sites (tertiary alicyclic amines) is 1. The number of esters is 1. The lowest BCUT2D eigenvalue weighted by atomic mass is 10.2. The number of amides is 1. The number of hydrogen-bond acceptors (Lipinski definition) is 5. The Morgan fingerprint density at radius 2 is 1.80 bits per heavy atom. The molecular formula is C18H22ClNO5. The monoisotopic (exact) mass is 367 g/mol. The third kappa shape index (κ3) is 4.18. The van der Waals surface area contributed by atoms with Crippen LogP contribution in [0.4, 0.5) is 0 Å². The summed E-state index contributed by atoms with van der Waals surface area (Å²) in [5, 5.41) is 0.288. The summed E-state index contributed by atoms with van der Waals surface area (Å²) < 4.78 is 16.2. The van der Waals surface area contributed by atoms with E-state index >= 15 is 0 Å². The molecule has 1 atom stereocenters. The van der Waals surface area contributed by atoms with Crippen LogP contribution in [-0.4, -0.2) is 49.2 Å². The normalized spacial score (nSPS) is 18.2. The van der Waals surface area contributed by atoms with Gasteiger partial charge < -0.3 is 19.1 Å². The number of carbonyl (C=O) groups excluding carboxylic acids is 2. The maximum atomic E-state index is 12.5. The van der Waals surface area contributed by atoms with Crippen molar-refractivity contribution in [1.82, 2.24) is 4.90 Å². The van der Waals surface area contributed by atoms with Gasteiger partial charge in [-0.15, -0.1) is 0 Å². The van der Waals surface area contributed by atoms with Crippen molar-refractivity contribution < 1.29 is 23.8 Å². The summed E-state index contributed by atoms with van der Waals surface area (Å²) >= 11 is 6.14. The molecule has 2 aliphatic rings. The van der Waals surface area contributed by atoms with Gasteiger partial charge in [0.2, 0.25) is 0 Å². The predicted octanol–water partition coefficient (Wildman–Crippen LogP) is 3.06. The largest absolute Gasteiger partial charge is 0.486 e. The van der Waals surface area contributed by atoms with Crippen molar-refractivity contribution in [3.05, 3.63) is 22.7 Å². The van der Waals surface area contributed by atoms with E-state index in [9.17, 15) is 9.59 Å². The molecule has 1 fully saturated rings. The second kappa shape index (κ2) is 7.95. The molecule has 2 heterocycles. The van der Waals surface area contributed by atoms with Gasteiger partial charge >= 0.3 is 5.97 Å². The molecule has 0 radical (unpaired) electrons. The Bertz CT molecular complexity index is 655. The molecule has 2 aliphatic heterocycles. The highest BCUT2D eigenvalue weighted by Gasteiger charge is 2.26. The molecular weight excluding hydrogens is 346 g/mol. The van der Waals surface area contributed by atoms with Crippen LogP contribution in [0.5, 0.6) is 11.5 Å². The Kier molecular flexibility index (Phi) is 5.68. The Labute approximate surface area is 152 Å². The quantitative estimate of drug-likeness (QED) is 0.768. The fraction of sp³-hybridized carbons (Fsp3) is 0.556. The van der Waals surface area contributed by atoms with Gasteiger partial charge in [0.1, 0.15) is 13.2 Å². The summed E-state index contributed by atoms with van der Waals surface area (Å²) in [7, 11) is 0. The van der Waals surface area contributed by atoms with Gasteiger partial charge in [-0.25, -0.2) is 4.79 Å². The summed E-state index contributed by atoms with van der Waals surface area (Å²) in [5.41, 5.74) is 0.241. The summed E-state index contributed by atoms with van der Waals surface area (Å²) in [6, 6.07) is 3.01. The van der Waals surface area contributed by atoms with Crippen molar-refractivity contribution in [2.45, 2.75) is 38.7 Å². The first-order chi connectivity index (χ1) is 12.1. The van der Waals surface area contributed by atoms with Crippen LogP contribution in [0, 0.1) is 0 Å². The van der Waals surface area contributed by atoms with Gasteiger partial charge in [-0.1, -0.05) is 24.4 Å². The van der Waals surface area contributed by atoms with Gasteiger partial charge in [-0.05, 0) is 31.9 Å². The van der Waals surface area contributed by atoms with Crippen LogP contribution in [-0.2, 0) is 9.53 Å². The Morgan fingerprint density at radius 3 is 2.52 bits per heavy atom. The molecule has 1 saturated heterocycles. The first-order valence-corrected chi connectivity index (χ1v) is 9.03. The second-order valence-electron chi connectivity index (χ2n) is 6.27. The number of nitrogens with zero attached hydrogens (tertiary/aromatic N) is 1. The highest BCUT2D eigenvalue weighted by Crippen LogP contribution is 2.38. The van der Waals surface area contributed by atoms with Crippen LogP contribution in [0.3, 0.4) is 0 Å². The number of carbonyl (C=O) groups is 2. The van der Waals surface area contributed by atoms with E-state index in [2.05, 4.69) is 0 Å². The number of hydrogen-bond donors (Lipinski definition) is 0. The van der Waals surface area contributed by atoms with E-state index < -0.39 is 12.1 Å². The molecule has 6 nitrogen and oxygen atoms in total. The lowest BCUT2D eigenvalue weighted by molar-refractivity contribution is -0.139. The molecule has 0 aliphatic carbocycles. The van der Waals surface area contributed by atoms with Crippen molar-refractivity contribution in [3.63, 3.8) is 0 Å². The second-order valence-corrected chi connectivity index (χ2v) is 6.68. The van der Waals surface area contributed by atoms with Gasteiger partial charge in [0.15, 0.2) is 17.6 Å². The molecule has 1 amide bonds. The predicted molar refractivity (Wildman–Crippen MR) is 92.4 cm³/mol. The smallest absolute Gasteiger partial charge is 0.339 e. The third-order valence-electron chi connectivity index (χ3n) is 4.38. The molecule has 136 valence electrons. The van der Waals surface area contributed by atoms with E-state index in [1.807, 2.05) is 0 Å². The molecule has 7 heteroatoms. The fourth-order valence-corrected chi connectivity index (χ4v) is 3.32. The van der Waals surface area contributed by atoms with Crippen molar-refractivity contribution in [3.8, 4) is 11.5 Å². The van der Waals surface area contributed by atoms with Gasteiger partial charge in [-0.2, -0.15) is 0 Å². The topological polar surface area (TPSA) is 65.1 Å². The molecule has 1 aromatic carbocycles. The number of benzene rings is 1. The standard InChI is InChI=1S/C18H22ClNO5/c1-12(17(21)20-6-4-2-3-5-7-20)25-18(22)13-10-14(19)16-15(11-13)23-8-9-24-16/h10-12H,2-9H2,1H3/t12-/m0/s1. The molecule has 0 bridgehead atoms. The van der Waals surface area contributed by atoms with Crippen LogP contribution < -0.4 is 9.47 Å². The van der Waals surface area contributed by atoms with Gasteiger partial charge in [0, 0.05) is 13.1 Å². The summed E-state index contributed by atoms with van der Waals surface area (Å²) in [6.45, 7) is 3.85. The first kappa shape index (κ1) is 17.9. The summed E-state index contributed by atoms with van der Waals surface area (Å²) in [4.78, 5) is 26.7. The van der Waals surface area contributed by atoms with E-state index in [-0.39, 0.29) is 16.5 Å². The highest BCUT2D eigenvalue weighted by atomic mass is 35.5. The average molecular weight is 368 g/mol. The highest BCUT2D eigenvalue weighted by molar-refractivity contribution is 6.32. The summed E-state index contributed by atoms with van der Waals surface area (Å²) in [5.74, 6) is 0.0868.